The molecule has 0 amide bonds. The van der Waals surface area contributed by atoms with Crippen molar-refractivity contribution in [3.8, 4) is 0 Å². The summed E-state index contributed by atoms with van der Waals surface area (Å²) in [6.07, 6.45) is 0.263. The highest BCUT2D eigenvalue weighted by Crippen LogP contribution is 2.37. The molecule has 0 saturated carbocycles. The van der Waals surface area contributed by atoms with Gasteiger partial charge in [0.25, 0.3) is 0 Å². The summed E-state index contributed by atoms with van der Waals surface area (Å²) in [5.41, 5.74) is 1.22. The van der Waals surface area contributed by atoms with Gasteiger partial charge < -0.3 is 4.74 Å². The summed E-state index contributed by atoms with van der Waals surface area (Å²) in [7, 11) is 0. The molecule has 3 rings (SSSR count). The van der Waals surface area contributed by atoms with Crippen molar-refractivity contribution < 1.29 is 4.74 Å². The van der Waals surface area contributed by atoms with Crippen LogP contribution >= 0.6 is 11.6 Å². The summed E-state index contributed by atoms with van der Waals surface area (Å²) in [5, 5.41) is 3.14. The van der Waals surface area contributed by atoms with Gasteiger partial charge in [0.05, 0.1) is 6.61 Å². The lowest BCUT2D eigenvalue weighted by Crippen LogP contribution is -1.84. The van der Waals surface area contributed by atoms with E-state index in [0.29, 0.717) is 0 Å². The zero-order valence-electron chi connectivity index (χ0n) is 7.53. The van der Waals surface area contributed by atoms with E-state index in [4.69, 9.17) is 16.3 Å². The Bertz CT molecular complexity index is 483. The van der Waals surface area contributed by atoms with E-state index in [1.165, 1.54) is 10.9 Å². The van der Waals surface area contributed by atoms with Gasteiger partial charge in [0.1, 0.15) is 6.10 Å². The molecule has 0 aliphatic carbocycles. The van der Waals surface area contributed by atoms with E-state index in [1.54, 1.807) is 0 Å². The number of hydrogen-bond acceptors (Lipinski definition) is 1. The quantitative estimate of drug-likeness (QED) is 0.647. The van der Waals surface area contributed by atoms with Crippen LogP contribution in [0.25, 0.3) is 10.8 Å². The van der Waals surface area contributed by atoms with Crippen molar-refractivity contribution in [2.45, 2.75) is 6.10 Å². The topological polar surface area (TPSA) is 12.5 Å². The van der Waals surface area contributed by atoms with Gasteiger partial charge in [0, 0.05) is 10.4 Å². The van der Waals surface area contributed by atoms with Crippen molar-refractivity contribution in [3.05, 3.63) is 47.0 Å². The Kier molecular flexibility index (Phi) is 1.76. The molecule has 1 saturated heterocycles. The Hall–Kier alpha value is -1.05. The number of fused-ring (bicyclic) bond motifs is 1. The van der Waals surface area contributed by atoms with Gasteiger partial charge in [-0.3, -0.25) is 0 Å². The summed E-state index contributed by atoms with van der Waals surface area (Å²) >= 11 is 6.18. The van der Waals surface area contributed by atoms with Crippen molar-refractivity contribution in [2.24, 2.45) is 0 Å². The van der Waals surface area contributed by atoms with Crippen LogP contribution in [-0.4, -0.2) is 6.61 Å². The molecule has 1 unspecified atom stereocenters. The Labute approximate surface area is 87.3 Å². The molecule has 1 atom stereocenters. The van der Waals surface area contributed by atoms with E-state index >= 15 is 0 Å². The standard InChI is InChI=1S/C12H9ClO/c13-10-6-2-4-8-3-1-5-9(12(8)10)11-7-14-11/h1-6,11H,7H2. The van der Waals surface area contributed by atoms with Gasteiger partial charge >= 0.3 is 0 Å². The van der Waals surface area contributed by atoms with Crippen molar-refractivity contribution in [2.75, 3.05) is 6.61 Å². The van der Waals surface area contributed by atoms with Gasteiger partial charge in [-0.05, 0) is 17.0 Å². The zero-order chi connectivity index (χ0) is 9.54. The molecule has 70 valence electrons. The average molecular weight is 205 g/mol. The fraction of sp³-hybridized carbons (Fsp3) is 0.167. The third kappa shape index (κ3) is 1.21. The second-order valence-electron chi connectivity index (χ2n) is 3.51. The van der Waals surface area contributed by atoms with Crippen LogP contribution in [0, 0.1) is 0 Å². The van der Waals surface area contributed by atoms with Gasteiger partial charge in [-0.1, -0.05) is 41.9 Å². The lowest BCUT2D eigenvalue weighted by molar-refractivity contribution is 0.417. The molecule has 14 heavy (non-hydrogen) atoms. The molecule has 1 nitrogen and oxygen atoms in total. The van der Waals surface area contributed by atoms with E-state index in [-0.39, 0.29) is 6.10 Å². The maximum atomic E-state index is 6.18. The lowest BCUT2D eigenvalue weighted by Gasteiger charge is -2.05. The highest BCUT2D eigenvalue weighted by atomic mass is 35.5. The van der Waals surface area contributed by atoms with Crippen LogP contribution in [0.2, 0.25) is 5.02 Å². The molecule has 0 bridgehead atoms. The van der Waals surface area contributed by atoms with Gasteiger partial charge in [0.15, 0.2) is 0 Å². The maximum Gasteiger partial charge on any atom is 0.107 e. The van der Waals surface area contributed by atoms with Gasteiger partial charge in [-0.25, -0.2) is 0 Å². The highest BCUT2D eigenvalue weighted by molar-refractivity contribution is 6.35. The Morgan fingerprint density at radius 3 is 2.57 bits per heavy atom. The number of halogens is 1. The molecule has 1 fully saturated rings. The monoisotopic (exact) mass is 204 g/mol. The molecule has 0 radical (unpaired) electrons. The summed E-state index contributed by atoms with van der Waals surface area (Å²) < 4.78 is 5.30. The Morgan fingerprint density at radius 1 is 1.14 bits per heavy atom. The second-order valence-corrected chi connectivity index (χ2v) is 3.91. The lowest BCUT2D eigenvalue weighted by atomic mass is 10.0. The van der Waals surface area contributed by atoms with Crippen LogP contribution in [0.15, 0.2) is 36.4 Å². The molecule has 1 heterocycles. The predicted octanol–water partition coefficient (Wildman–Crippen LogP) is 3.56. The summed E-state index contributed by atoms with van der Waals surface area (Å²) in [4.78, 5) is 0. The second kappa shape index (κ2) is 2.97. The van der Waals surface area contributed by atoms with Gasteiger partial charge in [-0.2, -0.15) is 0 Å². The zero-order valence-corrected chi connectivity index (χ0v) is 8.29. The Morgan fingerprint density at radius 2 is 1.86 bits per heavy atom. The van der Waals surface area contributed by atoms with Crippen LogP contribution in [0.1, 0.15) is 11.7 Å². The minimum absolute atomic E-state index is 0.263. The van der Waals surface area contributed by atoms with Crippen LogP contribution in [0.4, 0.5) is 0 Å². The molecule has 2 aromatic rings. The number of ether oxygens (including phenoxy) is 1. The molecule has 1 aliphatic rings. The minimum atomic E-state index is 0.263. The van der Waals surface area contributed by atoms with Gasteiger partial charge in [-0.15, -0.1) is 0 Å². The summed E-state index contributed by atoms with van der Waals surface area (Å²) in [6, 6.07) is 12.2. The number of rotatable bonds is 1. The summed E-state index contributed by atoms with van der Waals surface area (Å²) in [6.45, 7) is 0.824. The third-order valence-electron chi connectivity index (χ3n) is 2.57. The average Bonchev–Trinajstić information content (AvgIpc) is 3.01. The molecule has 0 aromatic heterocycles. The van der Waals surface area contributed by atoms with Crippen molar-refractivity contribution in [1.29, 1.82) is 0 Å². The molecule has 2 aromatic carbocycles. The van der Waals surface area contributed by atoms with E-state index in [9.17, 15) is 0 Å². The smallest absolute Gasteiger partial charge is 0.107 e. The van der Waals surface area contributed by atoms with E-state index < -0.39 is 0 Å². The number of hydrogen-bond donors (Lipinski definition) is 0. The van der Waals surface area contributed by atoms with Crippen molar-refractivity contribution >= 4 is 22.4 Å². The minimum Gasteiger partial charge on any atom is -0.368 e. The normalized spacial score (nSPS) is 19.9. The fourth-order valence-corrected chi connectivity index (χ4v) is 2.11. The van der Waals surface area contributed by atoms with E-state index in [2.05, 4.69) is 24.3 Å². The molecule has 0 spiro atoms. The van der Waals surface area contributed by atoms with Crippen LogP contribution in [0.3, 0.4) is 0 Å². The molecule has 2 heteroatoms. The number of benzene rings is 2. The highest BCUT2D eigenvalue weighted by Gasteiger charge is 2.26. The van der Waals surface area contributed by atoms with E-state index in [0.717, 1.165) is 17.0 Å². The Balaban J connectivity index is 2.37. The largest absolute Gasteiger partial charge is 0.368 e. The maximum absolute atomic E-state index is 6.18. The van der Waals surface area contributed by atoms with Crippen molar-refractivity contribution in [1.82, 2.24) is 0 Å². The molecular weight excluding hydrogens is 196 g/mol. The first-order valence-corrected chi connectivity index (χ1v) is 5.03. The first kappa shape index (κ1) is 8.27. The van der Waals surface area contributed by atoms with Crippen LogP contribution in [-0.2, 0) is 4.74 Å². The van der Waals surface area contributed by atoms with E-state index in [1.807, 2.05) is 12.1 Å². The SMILES string of the molecule is Clc1cccc2cccc(C3CO3)c12. The summed E-state index contributed by atoms with van der Waals surface area (Å²) in [5.74, 6) is 0. The molecule has 1 aliphatic heterocycles. The number of epoxide rings is 1. The van der Waals surface area contributed by atoms with Crippen LogP contribution < -0.4 is 0 Å². The van der Waals surface area contributed by atoms with Gasteiger partial charge in [0.2, 0.25) is 0 Å². The fourth-order valence-electron chi connectivity index (χ4n) is 1.82. The first-order chi connectivity index (χ1) is 6.86. The third-order valence-corrected chi connectivity index (χ3v) is 2.88. The first-order valence-electron chi connectivity index (χ1n) is 4.65. The van der Waals surface area contributed by atoms with Crippen LogP contribution in [0.5, 0.6) is 0 Å². The van der Waals surface area contributed by atoms with Crippen molar-refractivity contribution in [3.63, 3.8) is 0 Å². The molecule has 0 N–H and O–H groups in total. The predicted molar refractivity (Wildman–Crippen MR) is 57.7 cm³/mol. The molecular formula is C12H9ClO.